The maximum Gasteiger partial charge on any atom is 0.349 e. The molecule has 5 nitrogen and oxygen atoms in total. The van der Waals surface area contributed by atoms with E-state index in [1.54, 1.807) is 36.4 Å². The zero-order valence-electron chi connectivity index (χ0n) is 17.1. The Bertz CT molecular complexity index is 889. The van der Waals surface area contributed by atoms with Crippen LogP contribution in [0.3, 0.4) is 0 Å². The summed E-state index contributed by atoms with van der Waals surface area (Å²) < 4.78 is 22.2. The van der Waals surface area contributed by atoms with Crippen LogP contribution >= 0.6 is 0 Å². The van der Waals surface area contributed by atoms with Gasteiger partial charge in [-0.25, -0.2) is 4.79 Å². The number of unbranched alkanes of at least 4 members (excludes halogenated alkanes) is 2. The Kier molecular flexibility index (Phi) is 8.15. The van der Waals surface area contributed by atoms with Crippen molar-refractivity contribution < 1.29 is 23.7 Å². The molecular formula is C25H26O5. The van der Waals surface area contributed by atoms with E-state index < -0.39 is 5.97 Å². The molecule has 0 saturated heterocycles. The second-order valence-corrected chi connectivity index (χ2v) is 6.68. The van der Waals surface area contributed by atoms with Crippen molar-refractivity contribution in [3.8, 4) is 28.7 Å². The fourth-order valence-corrected chi connectivity index (χ4v) is 2.68. The summed E-state index contributed by atoms with van der Waals surface area (Å²) in [5.41, 5.74) is 0. The van der Waals surface area contributed by atoms with Gasteiger partial charge in [0.05, 0.1) is 6.61 Å². The Balaban J connectivity index is 1.41. The van der Waals surface area contributed by atoms with E-state index >= 15 is 0 Å². The van der Waals surface area contributed by atoms with Crippen LogP contribution in [0.25, 0.3) is 0 Å². The van der Waals surface area contributed by atoms with Crippen molar-refractivity contribution in [1.29, 1.82) is 0 Å². The predicted molar refractivity (Wildman–Crippen MR) is 116 cm³/mol. The van der Waals surface area contributed by atoms with Gasteiger partial charge in [0.2, 0.25) is 0 Å². The third kappa shape index (κ3) is 7.17. The molecule has 0 fully saturated rings. The molecule has 0 N–H and O–H groups in total. The van der Waals surface area contributed by atoms with Crippen molar-refractivity contribution in [3.05, 3.63) is 78.9 Å². The zero-order valence-corrected chi connectivity index (χ0v) is 17.1. The molecule has 0 aliphatic rings. The molecule has 0 spiro atoms. The molecular weight excluding hydrogens is 380 g/mol. The van der Waals surface area contributed by atoms with E-state index in [1.165, 1.54) is 0 Å². The molecule has 0 bridgehead atoms. The lowest BCUT2D eigenvalue weighted by molar-refractivity contribution is -0.136. The highest BCUT2D eigenvalue weighted by atomic mass is 16.6. The number of ether oxygens (including phenoxy) is 4. The minimum atomic E-state index is -0.480. The summed E-state index contributed by atoms with van der Waals surface area (Å²) >= 11 is 0. The van der Waals surface area contributed by atoms with E-state index in [0.717, 1.165) is 30.8 Å². The standard InChI is InChI=1S/C25H26O5/c1-2-3-7-18-27-20-10-12-21(13-11-20)28-19-25(26)30-24-16-14-23(15-17-24)29-22-8-5-4-6-9-22/h4-6,8-17H,2-3,7,18-19H2,1H3. The molecule has 0 radical (unpaired) electrons. The van der Waals surface area contributed by atoms with Gasteiger partial charge in [-0.3, -0.25) is 0 Å². The molecule has 0 aliphatic carbocycles. The van der Waals surface area contributed by atoms with Gasteiger partial charge in [-0.1, -0.05) is 38.0 Å². The second-order valence-electron chi connectivity index (χ2n) is 6.68. The molecule has 30 heavy (non-hydrogen) atoms. The lowest BCUT2D eigenvalue weighted by atomic mass is 10.3. The van der Waals surface area contributed by atoms with E-state index in [9.17, 15) is 4.79 Å². The highest BCUT2D eigenvalue weighted by molar-refractivity contribution is 5.74. The highest BCUT2D eigenvalue weighted by Crippen LogP contribution is 2.24. The van der Waals surface area contributed by atoms with Crippen LogP contribution in [0.15, 0.2) is 78.9 Å². The van der Waals surface area contributed by atoms with Gasteiger partial charge < -0.3 is 18.9 Å². The number of hydrogen-bond donors (Lipinski definition) is 0. The average Bonchev–Trinajstić information content (AvgIpc) is 2.78. The summed E-state index contributed by atoms with van der Waals surface area (Å²) in [5, 5.41) is 0. The first kappa shape index (κ1) is 21.2. The van der Waals surface area contributed by atoms with Crippen molar-refractivity contribution in [2.75, 3.05) is 13.2 Å². The third-order valence-electron chi connectivity index (χ3n) is 4.23. The summed E-state index contributed by atoms with van der Waals surface area (Å²) in [6.45, 7) is 2.68. The highest BCUT2D eigenvalue weighted by Gasteiger charge is 2.07. The van der Waals surface area contributed by atoms with Crippen LogP contribution in [0.1, 0.15) is 26.2 Å². The largest absolute Gasteiger partial charge is 0.494 e. The van der Waals surface area contributed by atoms with Crippen molar-refractivity contribution in [3.63, 3.8) is 0 Å². The van der Waals surface area contributed by atoms with Gasteiger partial charge in [0.25, 0.3) is 0 Å². The molecule has 0 unspecified atom stereocenters. The van der Waals surface area contributed by atoms with Gasteiger partial charge in [-0.15, -0.1) is 0 Å². The molecule has 0 saturated carbocycles. The maximum absolute atomic E-state index is 12.0. The molecule has 156 valence electrons. The molecule has 0 heterocycles. The van der Waals surface area contributed by atoms with E-state index in [1.807, 2.05) is 42.5 Å². The van der Waals surface area contributed by atoms with Gasteiger partial charge in [0.1, 0.15) is 28.7 Å². The first-order valence-corrected chi connectivity index (χ1v) is 10.1. The van der Waals surface area contributed by atoms with Gasteiger partial charge in [0.15, 0.2) is 6.61 Å². The smallest absolute Gasteiger partial charge is 0.349 e. The number of rotatable bonds is 11. The molecule has 0 aromatic heterocycles. The molecule has 3 aromatic rings. The summed E-state index contributed by atoms with van der Waals surface area (Å²) in [5.74, 6) is 2.73. The Morgan fingerprint density at radius 2 is 1.23 bits per heavy atom. The Labute approximate surface area is 177 Å². The van der Waals surface area contributed by atoms with E-state index in [2.05, 4.69) is 6.92 Å². The third-order valence-corrected chi connectivity index (χ3v) is 4.23. The van der Waals surface area contributed by atoms with Gasteiger partial charge in [-0.05, 0) is 67.1 Å². The van der Waals surface area contributed by atoms with Crippen molar-refractivity contribution >= 4 is 5.97 Å². The van der Waals surface area contributed by atoms with E-state index in [-0.39, 0.29) is 6.61 Å². The zero-order chi connectivity index (χ0) is 21.0. The van der Waals surface area contributed by atoms with E-state index in [4.69, 9.17) is 18.9 Å². The minimum Gasteiger partial charge on any atom is -0.494 e. The first-order valence-electron chi connectivity index (χ1n) is 10.1. The Hall–Kier alpha value is -3.47. The summed E-state index contributed by atoms with van der Waals surface area (Å²) in [6.07, 6.45) is 3.36. The van der Waals surface area contributed by atoms with Crippen LogP contribution in [-0.2, 0) is 4.79 Å². The Morgan fingerprint density at radius 3 is 1.90 bits per heavy atom. The summed E-state index contributed by atoms with van der Waals surface area (Å²) in [4.78, 5) is 12.0. The minimum absolute atomic E-state index is 0.182. The number of carbonyl (C=O) groups excluding carboxylic acids is 1. The Morgan fingerprint density at radius 1 is 0.667 bits per heavy atom. The van der Waals surface area contributed by atoms with Crippen LogP contribution in [0, 0.1) is 0 Å². The van der Waals surface area contributed by atoms with Crippen molar-refractivity contribution in [1.82, 2.24) is 0 Å². The number of benzene rings is 3. The quantitative estimate of drug-likeness (QED) is 0.221. The monoisotopic (exact) mass is 406 g/mol. The van der Waals surface area contributed by atoms with Crippen molar-refractivity contribution in [2.24, 2.45) is 0 Å². The fourth-order valence-electron chi connectivity index (χ4n) is 2.68. The van der Waals surface area contributed by atoms with Gasteiger partial charge >= 0.3 is 5.97 Å². The lowest BCUT2D eigenvalue weighted by Crippen LogP contribution is -2.17. The summed E-state index contributed by atoms with van der Waals surface area (Å²) in [7, 11) is 0. The fraction of sp³-hybridized carbons (Fsp3) is 0.240. The molecule has 5 heteroatoms. The van der Waals surface area contributed by atoms with Gasteiger partial charge in [0, 0.05) is 0 Å². The SMILES string of the molecule is CCCCCOc1ccc(OCC(=O)Oc2ccc(Oc3ccccc3)cc2)cc1. The summed E-state index contributed by atoms with van der Waals surface area (Å²) in [6, 6.07) is 23.5. The van der Waals surface area contributed by atoms with Crippen molar-refractivity contribution in [2.45, 2.75) is 26.2 Å². The van der Waals surface area contributed by atoms with E-state index in [0.29, 0.717) is 23.9 Å². The second kappa shape index (κ2) is 11.5. The predicted octanol–water partition coefficient (Wildman–Crippen LogP) is 6.03. The van der Waals surface area contributed by atoms with Crippen LogP contribution in [0.2, 0.25) is 0 Å². The van der Waals surface area contributed by atoms with Crippen LogP contribution in [-0.4, -0.2) is 19.2 Å². The van der Waals surface area contributed by atoms with Crippen LogP contribution < -0.4 is 18.9 Å². The maximum atomic E-state index is 12.0. The number of para-hydroxylation sites is 1. The number of carbonyl (C=O) groups is 1. The topological polar surface area (TPSA) is 54.0 Å². The average molecular weight is 406 g/mol. The molecule has 0 atom stereocenters. The lowest BCUT2D eigenvalue weighted by Gasteiger charge is -2.09. The number of esters is 1. The molecule has 0 amide bonds. The molecule has 3 aromatic carbocycles. The van der Waals surface area contributed by atoms with Gasteiger partial charge in [-0.2, -0.15) is 0 Å². The molecule has 3 rings (SSSR count). The first-order chi connectivity index (χ1) is 14.7. The van der Waals surface area contributed by atoms with Crippen LogP contribution in [0.4, 0.5) is 0 Å². The normalized spacial score (nSPS) is 10.3. The molecule has 0 aliphatic heterocycles. The van der Waals surface area contributed by atoms with Crippen LogP contribution in [0.5, 0.6) is 28.7 Å². The number of hydrogen-bond acceptors (Lipinski definition) is 5.